The van der Waals surface area contributed by atoms with Crippen molar-refractivity contribution < 1.29 is 9.21 Å². The molecule has 5 nitrogen and oxygen atoms in total. The van der Waals surface area contributed by atoms with Gasteiger partial charge in [-0.05, 0) is 60.9 Å². The van der Waals surface area contributed by atoms with Crippen LogP contribution in [0, 0.1) is 0 Å². The maximum atomic E-state index is 12.7. The Hall–Kier alpha value is -2.34. The molecule has 0 unspecified atom stereocenters. The number of carbonyl (C=O) groups is 1. The molecule has 1 heterocycles. The van der Waals surface area contributed by atoms with Gasteiger partial charge in [0.05, 0.1) is 16.6 Å². The van der Waals surface area contributed by atoms with Crippen LogP contribution in [0.4, 0.5) is 0 Å². The van der Waals surface area contributed by atoms with Crippen LogP contribution in [0.25, 0.3) is 17.5 Å². The fourth-order valence-electron chi connectivity index (χ4n) is 2.82. The van der Waals surface area contributed by atoms with Crippen LogP contribution in [-0.2, 0) is 11.3 Å². The highest BCUT2D eigenvalue weighted by Gasteiger charge is 2.32. The number of nitrogens with zero attached hydrogens (tertiary/aromatic N) is 3. The highest BCUT2D eigenvalue weighted by atomic mass is 35.5. The summed E-state index contributed by atoms with van der Waals surface area (Å²) in [5.74, 6) is 0.661. The number of aromatic nitrogens is 2. The number of carbonyl (C=O) groups excluding carboxylic acids is 1. The molecule has 148 valence electrons. The summed E-state index contributed by atoms with van der Waals surface area (Å²) in [6.45, 7) is 0.260. The molecule has 1 aliphatic carbocycles. The van der Waals surface area contributed by atoms with E-state index in [0.29, 0.717) is 26.8 Å². The summed E-state index contributed by atoms with van der Waals surface area (Å²) in [6.07, 6.45) is 5.16. The van der Waals surface area contributed by atoms with Crippen LogP contribution in [0.1, 0.15) is 24.3 Å². The Morgan fingerprint density at radius 2 is 1.83 bits per heavy atom. The molecule has 1 aromatic heterocycles. The molecular formula is C21H16Cl3N3O2. The van der Waals surface area contributed by atoms with Crippen molar-refractivity contribution in [2.75, 3.05) is 0 Å². The van der Waals surface area contributed by atoms with Crippen molar-refractivity contribution in [2.45, 2.75) is 25.4 Å². The lowest BCUT2D eigenvalue weighted by Crippen LogP contribution is -2.31. The number of halogens is 3. The molecule has 2 aromatic carbocycles. The summed E-state index contributed by atoms with van der Waals surface area (Å²) < 4.78 is 5.74. The first kappa shape index (κ1) is 20.0. The first-order valence-electron chi connectivity index (χ1n) is 9.01. The Morgan fingerprint density at radius 3 is 2.52 bits per heavy atom. The standard InChI is InChI=1S/C21H16Cl3N3O2/c22-15-5-3-14(4-6-15)21-26-25-19(29-21)12-27(16-7-8-16)20(28)10-2-13-1-9-17(23)18(24)11-13/h1-6,9-11,16H,7-8,12H2. The Morgan fingerprint density at radius 1 is 1.07 bits per heavy atom. The van der Waals surface area contributed by atoms with Crippen molar-refractivity contribution in [1.29, 1.82) is 0 Å². The van der Waals surface area contributed by atoms with E-state index in [-0.39, 0.29) is 18.5 Å². The van der Waals surface area contributed by atoms with E-state index in [2.05, 4.69) is 10.2 Å². The minimum Gasteiger partial charge on any atom is -0.419 e. The quantitative estimate of drug-likeness (QED) is 0.440. The molecule has 1 saturated carbocycles. The molecule has 0 bridgehead atoms. The smallest absolute Gasteiger partial charge is 0.247 e. The zero-order valence-corrected chi connectivity index (χ0v) is 17.5. The van der Waals surface area contributed by atoms with Gasteiger partial charge in [-0.2, -0.15) is 0 Å². The second-order valence-corrected chi connectivity index (χ2v) is 7.96. The highest BCUT2D eigenvalue weighted by Crippen LogP contribution is 2.29. The van der Waals surface area contributed by atoms with E-state index < -0.39 is 0 Å². The van der Waals surface area contributed by atoms with Crippen LogP contribution in [0.3, 0.4) is 0 Å². The SMILES string of the molecule is O=C(C=Cc1ccc(Cl)c(Cl)c1)N(Cc1nnc(-c2ccc(Cl)cc2)o1)C1CC1. The fraction of sp³-hybridized carbons (Fsp3) is 0.190. The molecule has 0 N–H and O–H groups in total. The van der Waals surface area contributed by atoms with Crippen molar-refractivity contribution >= 4 is 46.8 Å². The van der Waals surface area contributed by atoms with Crippen molar-refractivity contribution in [2.24, 2.45) is 0 Å². The first-order chi connectivity index (χ1) is 14.0. The Bertz CT molecular complexity index is 1060. The van der Waals surface area contributed by atoms with Crippen LogP contribution < -0.4 is 0 Å². The van der Waals surface area contributed by atoms with E-state index in [4.69, 9.17) is 39.2 Å². The van der Waals surface area contributed by atoms with Crippen molar-refractivity contribution in [3.63, 3.8) is 0 Å². The predicted molar refractivity (Wildman–Crippen MR) is 114 cm³/mol. The van der Waals surface area contributed by atoms with Gasteiger partial charge in [-0.1, -0.05) is 40.9 Å². The van der Waals surface area contributed by atoms with Crippen LogP contribution in [0.2, 0.25) is 15.1 Å². The Labute approximate surface area is 182 Å². The van der Waals surface area contributed by atoms with Crippen molar-refractivity contribution in [3.8, 4) is 11.5 Å². The lowest BCUT2D eigenvalue weighted by molar-refractivity contribution is -0.127. The minimum atomic E-state index is -0.121. The molecule has 0 radical (unpaired) electrons. The lowest BCUT2D eigenvalue weighted by Gasteiger charge is -2.18. The Balaban J connectivity index is 1.47. The number of hydrogen-bond donors (Lipinski definition) is 0. The number of rotatable bonds is 6. The summed E-state index contributed by atoms with van der Waals surface area (Å²) >= 11 is 17.9. The molecule has 1 amide bonds. The van der Waals surface area contributed by atoms with Gasteiger partial charge in [0.2, 0.25) is 17.7 Å². The predicted octanol–water partition coefficient (Wildman–Crippen LogP) is 5.90. The van der Waals surface area contributed by atoms with Crippen LogP contribution in [0.5, 0.6) is 0 Å². The summed E-state index contributed by atoms with van der Waals surface area (Å²) in [5.41, 5.74) is 1.57. The van der Waals surface area contributed by atoms with Crippen LogP contribution >= 0.6 is 34.8 Å². The highest BCUT2D eigenvalue weighted by molar-refractivity contribution is 6.42. The third-order valence-electron chi connectivity index (χ3n) is 4.50. The third-order valence-corrected chi connectivity index (χ3v) is 5.49. The maximum Gasteiger partial charge on any atom is 0.247 e. The average Bonchev–Trinajstić information content (AvgIpc) is 3.45. The molecule has 29 heavy (non-hydrogen) atoms. The molecule has 0 aliphatic heterocycles. The van der Waals surface area contributed by atoms with E-state index in [1.807, 2.05) is 12.1 Å². The van der Waals surface area contributed by atoms with Gasteiger partial charge in [0.15, 0.2) is 0 Å². The van der Waals surface area contributed by atoms with E-state index in [1.54, 1.807) is 41.3 Å². The maximum absolute atomic E-state index is 12.7. The summed E-state index contributed by atoms with van der Waals surface area (Å²) in [5, 5.41) is 9.72. The molecule has 1 aliphatic rings. The van der Waals surface area contributed by atoms with Crippen LogP contribution in [-0.4, -0.2) is 27.0 Å². The summed E-state index contributed by atoms with van der Waals surface area (Å²) in [4.78, 5) is 14.5. The number of hydrogen-bond acceptors (Lipinski definition) is 4. The van der Waals surface area contributed by atoms with Gasteiger partial charge >= 0.3 is 0 Å². The number of amides is 1. The monoisotopic (exact) mass is 447 g/mol. The van der Waals surface area contributed by atoms with Gasteiger partial charge in [0, 0.05) is 22.7 Å². The van der Waals surface area contributed by atoms with E-state index in [9.17, 15) is 4.79 Å². The van der Waals surface area contributed by atoms with Gasteiger partial charge in [0.25, 0.3) is 0 Å². The molecule has 8 heteroatoms. The summed E-state index contributed by atoms with van der Waals surface area (Å²) in [6, 6.07) is 12.5. The normalized spacial score (nSPS) is 13.8. The average molecular weight is 449 g/mol. The fourth-order valence-corrected chi connectivity index (χ4v) is 3.26. The molecule has 0 atom stereocenters. The zero-order chi connectivity index (χ0) is 20.4. The summed E-state index contributed by atoms with van der Waals surface area (Å²) in [7, 11) is 0. The molecule has 4 rings (SSSR count). The largest absolute Gasteiger partial charge is 0.419 e. The topological polar surface area (TPSA) is 59.2 Å². The molecule has 1 fully saturated rings. The van der Waals surface area contributed by atoms with Gasteiger partial charge in [-0.25, -0.2) is 0 Å². The van der Waals surface area contributed by atoms with Gasteiger partial charge < -0.3 is 9.32 Å². The van der Waals surface area contributed by atoms with E-state index in [0.717, 1.165) is 24.0 Å². The second-order valence-electron chi connectivity index (χ2n) is 6.71. The van der Waals surface area contributed by atoms with Gasteiger partial charge in [-0.3, -0.25) is 4.79 Å². The lowest BCUT2D eigenvalue weighted by atomic mass is 10.2. The minimum absolute atomic E-state index is 0.121. The molecular weight excluding hydrogens is 433 g/mol. The van der Waals surface area contributed by atoms with E-state index in [1.165, 1.54) is 6.08 Å². The van der Waals surface area contributed by atoms with E-state index >= 15 is 0 Å². The van der Waals surface area contributed by atoms with Crippen LogP contribution in [0.15, 0.2) is 53.0 Å². The molecule has 0 saturated heterocycles. The molecule has 3 aromatic rings. The second kappa shape index (κ2) is 8.57. The first-order valence-corrected chi connectivity index (χ1v) is 10.1. The van der Waals surface area contributed by atoms with Crippen molar-refractivity contribution in [1.82, 2.24) is 15.1 Å². The Kier molecular flexibility index (Phi) is 5.90. The zero-order valence-electron chi connectivity index (χ0n) is 15.2. The van der Waals surface area contributed by atoms with Crippen molar-refractivity contribution in [3.05, 3.63) is 75.1 Å². The van der Waals surface area contributed by atoms with Gasteiger partial charge in [-0.15, -0.1) is 10.2 Å². The van der Waals surface area contributed by atoms with Gasteiger partial charge in [0.1, 0.15) is 0 Å². The third kappa shape index (κ3) is 4.99. The number of benzene rings is 2. The molecule has 0 spiro atoms.